The zero-order valence-corrected chi connectivity index (χ0v) is 20.8. The molecule has 2 unspecified atom stereocenters. The van der Waals surface area contributed by atoms with Crippen LogP contribution in [-0.4, -0.2) is 24.4 Å². The fourth-order valence-electron chi connectivity index (χ4n) is 6.10. The van der Waals surface area contributed by atoms with Crippen LogP contribution in [0.2, 0.25) is 0 Å². The van der Waals surface area contributed by atoms with Gasteiger partial charge in [-0.3, -0.25) is 9.59 Å². The van der Waals surface area contributed by atoms with Crippen molar-refractivity contribution in [2.45, 2.75) is 30.0 Å². The van der Waals surface area contributed by atoms with E-state index in [0.717, 1.165) is 35.1 Å². The Morgan fingerprint density at radius 1 is 0.943 bits per heavy atom. The van der Waals surface area contributed by atoms with E-state index < -0.39 is 22.1 Å². The number of rotatable bonds is 5. The first-order valence-electron chi connectivity index (χ1n) is 12.0. The van der Waals surface area contributed by atoms with Crippen molar-refractivity contribution >= 4 is 39.4 Å². The first kappa shape index (κ1) is 22.2. The molecule has 0 saturated carbocycles. The number of alkyl halides is 1. The lowest BCUT2D eigenvalue weighted by molar-refractivity contribution is -0.122. The Bertz CT molecular complexity index is 1330. The smallest absolute Gasteiger partial charge is 0.338 e. The predicted molar refractivity (Wildman–Crippen MR) is 136 cm³/mol. The summed E-state index contributed by atoms with van der Waals surface area (Å²) < 4.78 is 4.55. The van der Waals surface area contributed by atoms with Gasteiger partial charge in [-0.15, -0.1) is 0 Å². The lowest BCUT2D eigenvalue weighted by Gasteiger charge is -2.51. The topological polar surface area (TPSA) is 63.7 Å². The minimum atomic E-state index is -0.794. The number of nitrogens with zero attached hydrogens (tertiary/aromatic N) is 1. The highest BCUT2D eigenvalue weighted by atomic mass is 79.9. The highest BCUT2D eigenvalue weighted by Gasteiger charge is 2.67. The van der Waals surface area contributed by atoms with Gasteiger partial charge in [0.05, 0.1) is 34.0 Å². The second-order valence-electron chi connectivity index (χ2n) is 9.42. The van der Waals surface area contributed by atoms with Gasteiger partial charge < -0.3 is 4.74 Å². The lowest BCUT2D eigenvalue weighted by atomic mass is 9.55. The van der Waals surface area contributed by atoms with Crippen LogP contribution in [0.3, 0.4) is 0 Å². The van der Waals surface area contributed by atoms with E-state index in [1.54, 1.807) is 24.3 Å². The Kier molecular flexibility index (Phi) is 5.18. The van der Waals surface area contributed by atoms with E-state index in [0.29, 0.717) is 17.9 Å². The number of hydrogen-bond donors (Lipinski definition) is 0. The van der Waals surface area contributed by atoms with Gasteiger partial charge in [-0.2, -0.15) is 0 Å². The summed E-state index contributed by atoms with van der Waals surface area (Å²) in [4.78, 5) is 41.8. The minimum absolute atomic E-state index is 0.199. The predicted octanol–water partition coefficient (Wildman–Crippen LogP) is 5.55. The van der Waals surface area contributed by atoms with Crippen molar-refractivity contribution in [1.29, 1.82) is 0 Å². The van der Waals surface area contributed by atoms with Crippen LogP contribution in [0.4, 0.5) is 5.69 Å². The molecule has 1 saturated heterocycles. The molecule has 5 nitrogen and oxygen atoms in total. The first-order valence-corrected chi connectivity index (χ1v) is 12.8. The average Bonchev–Trinajstić information content (AvgIpc) is 3.16. The Morgan fingerprint density at radius 2 is 1.60 bits per heavy atom. The zero-order chi connectivity index (χ0) is 24.3. The Morgan fingerprint density at radius 3 is 2.26 bits per heavy atom. The van der Waals surface area contributed by atoms with E-state index in [9.17, 15) is 14.4 Å². The molecule has 0 N–H and O–H groups in total. The van der Waals surface area contributed by atoms with Gasteiger partial charge in [0.1, 0.15) is 0 Å². The van der Waals surface area contributed by atoms with Crippen LogP contribution < -0.4 is 4.90 Å². The molecule has 7 rings (SSSR count). The molecule has 1 fully saturated rings. The van der Waals surface area contributed by atoms with Gasteiger partial charge >= 0.3 is 5.97 Å². The number of unbranched alkanes of at least 4 members (excludes halogenated alkanes) is 1. The lowest BCUT2D eigenvalue weighted by Crippen LogP contribution is -2.50. The van der Waals surface area contributed by atoms with Crippen molar-refractivity contribution in [3.63, 3.8) is 0 Å². The number of anilines is 1. The summed E-state index contributed by atoms with van der Waals surface area (Å²) >= 11 is 4.00. The minimum Gasteiger partial charge on any atom is -0.462 e. The molecule has 2 bridgehead atoms. The van der Waals surface area contributed by atoms with Crippen molar-refractivity contribution in [3.05, 3.63) is 101 Å². The van der Waals surface area contributed by atoms with E-state index in [1.165, 1.54) is 4.90 Å². The number of amides is 2. The summed E-state index contributed by atoms with van der Waals surface area (Å²) in [6.45, 7) is 2.37. The number of esters is 1. The third-order valence-electron chi connectivity index (χ3n) is 7.59. The van der Waals surface area contributed by atoms with Crippen LogP contribution in [-0.2, 0) is 18.7 Å². The van der Waals surface area contributed by atoms with E-state index in [-0.39, 0.29) is 17.7 Å². The summed E-state index contributed by atoms with van der Waals surface area (Å²) in [6.07, 6.45) is 1.71. The third-order valence-corrected chi connectivity index (χ3v) is 8.93. The van der Waals surface area contributed by atoms with Crippen LogP contribution in [0, 0.1) is 11.8 Å². The molecule has 0 spiro atoms. The fourth-order valence-corrected chi connectivity index (χ4v) is 7.30. The molecule has 2 atom stereocenters. The molecule has 0 radical (unpaired) electrons. The van der Waals surface area contributed by atoms with Gasteiger partial charge in [-0.25, -0.2) is 9.69 Å². The molecule has 4 aliphatic rings. The maximum Gasteiger partial charge on any atom is 0.338 e. The quantitative estimate of drug-likeness (QED) is 0.188. The molecule has 3 aromatic rings. The maximum absolute atomic E-state index is 14.0. The summed E-state index contributed by atoms with van der Waals surface area (Å²) in [6, 6.07) is 22.8. The molecule has 1 aliphatic heterocycles. The van der Waals surface area contributed by atoms with Crippen molar-refractivity contribution in [3.8, 4) is 0 Å². The van der Waals surface area contributed by atoms with E-state index in [2.05, 4.69) is 40.2 Å². The van der Waals surface area contributed by atoms with Crippen LogP contribution in [0.5, 0.6) is 0 Å². The Balaban J connectivity index is 1.44. The van der Waals surface area contributed by atoms with Crippen LogP contribution >= 0.6 is 15.9 Å². The summed E-state index contributed by atoms with van der Waals surface area (Å²) in [5, 5.41) is 0. The third kappa shape index (κ3) is 3.02. The van der Waals surface area contributed by atoms with Crippen molar-refractivity contribution in [1.82, 2.24) is 0 Å². The van der Waals surface area contributed by atoms with Gasteiger partial charge in [-0.05, 0) is 46.9 Å². The van der Waals surface area contributed by atoms with Gasteiger partial charge in [0, 0.05) is 5.92 Å². The van der Waals surface area contributed by atoms with Gasteiger partial charge in [0.15, 0.2) is 0 Å². The summed E-state index contributed by atoms with van der Waals surface area (Å²) in [7, 11) is 0. The highest BCUT2D eigenvalue weighted by Crippen LogP contribution is 2.66. The van der Waals surface area contributed by atoms with Crippen molar-refractivity contribution in [2.24, 2.45) is 11.8 Å². The maximum atomic E-state index is 14.0. The van der Waals surface area contributed by atoms with Crippen molar-refractivity contribution < 1.29 is 19.1 Å². The highest BCUT2D eigenvalue weighted by molar-refractivity contribution is 9.09. The number of hydrogen-bond acceptors (Lipinski definition) is 4. The second kappa shape index (κ2) is 8.16. The SMILES string of the molecule is CCCCOC(=O)c1cccc(N2C(=O)C3C4c5ccccc5C(Br)(c5ccccc54)C3C2=O)c1. The molecule has 3 aliphatic carbocycles. The normalized spacial score (nSPS) is 25.8. The number of ether oxygens (including phenoxy) is 1. The van der Waals surface area contributed by atoms with Crippen LogP contribution in [0.1, 0.15) is 58.3 Å². The number of carbonyl (C=O) groups excluding carboxylic acids is 3. The van der Waals surface area contributed by atoms with E-state index in [1.807, 2.05) is 31.2 Å². The van der Waals surface area contributed by atoms with Crippen LogP contribution in [0.25, 0.3) is 0 Å². The molecule has 1 heterocycles. The molecule has 3 aromatic carbocycles. The Hall–Kier alpha value is -3.25. The van der Waals surface area contributed by atoms with Crippen molar-refractivity contribution in [2.75, 3.05) is 11.5 Å². The molecule has 35 heavy (non-hydrogen) atoms. The number of benzene rings is 3. The number of halogens is 1. The molecular weight excluding hydrogens is 506 g/mol. The molecule has 176 valence electrons. The van der Waals surface area contributed by atoms with E-state index in [4.69, 9.17) is 4.74 Å². The number of carbonyl (C=O) groups is 3. The monoisotopic (exact) mass is 529 g/mol. The standard InChI is InChI=1S/C29H24BrNO4/c1-2-3-15-35-28(34)17-9-8-10-18(16-17)31-26(32)24-23-19-11-4-6-13-21(19)29(30,25(24)27(31)33)22-14-7-5-12-20(22)23/h4-14,16,23-25H,2-3,15H2,1H3. The zero-order valence-electron chi connectivity index (χ0n) is 19.2. The Labute approximate surface area is 212 Å². The summed E-state index contributed by atoms with van der Waals surface area (Å²) in [5.41, 5.74) is 4.99. The largest absolute Gasteiger partial charge is 0.462 e. The second-order valence-corrected chi connectivity index (χ2v) is 10.7. The van der Waals surface area contributed by atoms with E-state index >= 15 is 0 Å². The fraction of sp³-hybridized carbons (Fsp3) is 0.276. The average molecular weight is 530 g/mol. The molecule has 0 aromatic heterocycles. The summed E-state index contributed by atoms with van der Waals surface area (Å²) in [5.74, 6) is -2.22. The molecule has 6 heteroatoms. The molecular formula is C29H24BrNO4. The van der Waals surface area contributed by atoms with Gasteiger partial charge in [-0.1, -0.05) is 83.9 Å². The first-order chi connectivity index (χ1) is 17.0. The molecule has 2 amide bonds. The van der Waals surface area contributed by atoms with Crippen LogP contribution in [0.15, 0.2) is 72.8 Å². The number of imide groups is 1. The van der Waals surface area contributed by atoms with Gasteiger partial charge in [0.2, 0.25) is 11.8 Å². The van der Waals surface area contributed by atoms with Gasteiger partial charge in [0.25, 0.3) is 0 Å².